The molecule has 3 aromatic carbocycles. The summed E-state index contributed by atoms with van der Waals surface area (Å²) in [5, 5.41) is 3.21. The number of carbonyl (C=O) groups excluding carboxylic acids is 1. The van der Waals surface area contributed by atoms with Crippen LogP contribution in [0.2, 0.25) is 10.0 Å². The predicted octanol–water partition coefficient (Wildman–Crippen LogP) is 6.18. The van der Waals surface area contributed by atoms with Crippen molar-refractivity contribution < 1.29 is 17.9 Å². The molecule has 3 aromatic rings. The number of amides is 1. The highest BCUT2D eigenvalue weighted by Crippen LogP contribution is 2.30. The van der Waals surface area contributed by atoms with Crippen LogP contribution in [0, 0.1) is 0 Å². The van der Waals surface area contributed by atoms with E-state index in [9.17, 15) is 13.2 Å². The van der Waals surface area contributed by atoms with Gasteiger partial charge in [-0.05, 0) is 60.0 Å². The second-order valence-electron chi connectivity index (χ2n) is 7.32. The van der Waals surface area contributed by atoms with Crippen LogP contribution < -0.4 is 14.8 Å². The maximum Gasteiger partial charge on any atom is 0.261 e. The molecule has 0 spiro atoms. The number of hydrogen-bond donors (Lipinski definition) is 2. The van der Waals surface area contributed by atoms with Gasteiger partial charge in [0.2, 0.25) is 0 Å². The first-order valence-electron chi connectivity index (χ1n) is 9.68. The summed E-state index contributed by atoms with van der Waals surface area (Å²) in [5.41, 5.74) is 1.91. The molecule has 0 radical (unpaired) electrons. The Hall–Kier alpha value is -2.74. The Kier molecular flexibility index (Phi) is 7.33. The van der Waals surface area contributed by atoms with Gasteiger partial charge in [0.15, 0.2) is 0 Å². The molecule has 3 rings (SSSR count). The van der Waals surface area contributed by atoms with Crippen LogP contribution in [0.3, 0.4) is 0 Å². The number of hydrogen-bond acceptors (Lipinski definition) is 4. The molecule has 32 heavy (non-hydrogen) atoms. The average Bonchev–Trinajstić information content (AvgIpc) is 2.73. The fraction of sp³-hybridized carbons (Fsp3) is 0.174. The van der Waals surface area contributed by atoms with Gasteiger partial charge in [0, 0.05) is 10.7 Å². The molecule has 168 valence electrons. The Morgan fingerprint density at radius 3 is 2.25 bits per heavy atom. The average molecular weight is 493 g/mol. The van der Waals surface area contributed by atoms with Crippen molar-refractivity contribution in [2.75, 3.05) is 17.1 Å². The summed E-state index contributed by atoms with van der Waals surface area (Å²) in [4.78, 5) is 12.7. The molecule has 0 heterocycles. The van der Waals surface area contributed by atoms with E-state index in [0.717, 1.165) is 5.56 Å². The van der Waals surface area contributed by atoms with Crippen molar-refractivity contribution in [2.24, 2.45) is 0 Å². The molecule has 0 atom stereocenters. The smallest absolute Gasteiger partial charge is 0.261 e. The summed E-state index contributed by atoms with van der Waals surface area (Å²) in [7, 11) is -2.49. The molecule has 0 aliphatic carbocycles. The lowest BCUT2D eigenvalue weighted by Gasteiger charge is -2.14. The molecule has 0 bridgehead atoms. The van der Waals surface area contributed by atoms with Crippen molar-refractivity contribution in [1.29, 1.82) is 0 Å². The fourth-order valence-electron chi connectivity index (χ4n) is 2.97. The molecule has 2 N–H and O–H groups in total. The summed E-state index contributed by atoms with van der Waals surface area (Å²) >= 11 is 12.0. The van der Waals surface area contributed by atoms with Gasteiger partial charge >= 0.3 is 0 Å². The van der Waals surface area contributed by atoms with Gasteiger partial charge in [0.05, 0.1) is 28.3 Å². The first-order chi connectivity index (χ1) is 15.1. The van der Waals surface area contributed by atoms with Crippen molar-refractivity contribution in [2.45, 2.75) is 24.7 Å². The summed E-state index contributed by atoms with van der Waals surface area (Å²) in [5.74, 6) is 0.1000. The Morgan fingerprint density at radius 2 is 1.66 bits per heavy atom. The predicted molar refractivity (Wildman–Crippen MR) is 129 cm³/mol. The van der Waals surface area contributed by atoms with Gasteiger partial charge in [-0.2, -0.15) is 0 Å². The molecule has 0 saturated heterocycles. The maximum absolute atomic E-state index is 12.9. The SMILES string of the molecule is COc1ccc(S(=O)(=O)Nc2ccc(C(C)C)cc2)cc1NC(=O)c1ccc(Cl)cc1Cl. The number of benzene rings is 3. The van der Waals surface area contributed by atoms with E-state index in [-0.39, 0.29) is 21.2 Å². The van der Waals surface area contributed by atoms with E-state index in [1.54, 1.807) is 12.1 Å². The first kappa shape index (κ1) is 23.9. The lowest BCUT2D eigenvalue weighted by atomic mass is 10.0. The second-order valence-corrected chi connectivity index (χ2v) is 9.85. The molecule has 0 aromatic heterocycles. The quantitative estimate of drug-likeness (QED) is 0.412. The largest absolute Gasteiger partial charge is 0.495 e. The number of carbonyl (C=O) groups is 1. The highest BCUT2D eigenvalue weighted by molar-refractivity contribution is 7.92. The van der Waals surface area contributed by atoms with Gasteiger partial charge in [0.25, 0.3) is 15.9 Å². The molecule has 0 aliphatic rings. The zero-order chi connectivity index (χ0) is 23.5. The molecule has 1 amide bonds. The number of methoxy groups -OCH3 is 1. The van der Waals surface area contributed by atoms with E-state index >= 15 is 0 Å². The zero-order valence-corrected chi connectivity index (χ0v) is 20.0. The number of nitrogens with one attached hydrogen (secondary N) is 2. The molecule has 0 aliphatic heterocycles. The highest BCUT2D eigenvalue weighted by atomic mass is 35.5. The molecular weight excluding hydrogens is 471 g/mol. The van der Waals surface area contributed by atoms with Crippen molar-refractivity contribution in [3.8, 4) is 5.75 Å². The summed E-state index contributed by atoms with van der Waals surface area (Å²) < 4.78 is 33.7. The van der Waals surface area contributed by atoms with Crippen molar-refractivity contribution in [1.82, 2.24) is 0 Å². The Labute approximate surface area is 197 Å². The van der Waals surface area contributed by atoms with Crippen LogP contribution in [0.15, 0.2) is 65.6 Å². The van der Waals surface area contributed by atoms with E-state index < -0.39 is 15.9 Å². The lowest BCUT2D eigenvalue weighted by Crippen LogP contribution is -2.16. The molecule has 0 saturated carbocycles. The third kappa shape index (κ3) is 5.54. The van der Waals surface area contributed by atoms with Crippen molar-refractivity contribution in [3.05, 3.63) is 81.8 Å². The van der Waals surface area contributed by atoms with Crippen LogP contribution in [0.5, 0.6) is 5.75 Å². The monoisotopic (exact) mass is 492 g/mol. The number of rotatable bonds is 7. The van der Waals surface area contributed by atoms with E-state index in [1.807, 2.05) is 12.1 Å². The van der Waals surface area contributed by atoms with Crippen LogP contribution in [0.1, 0.15) is 35.7 Å². The van der Waals surface area contributed by atoms with E-state index in [0.29, 0.717) is 22.4 Å². The Morgan fingerprint density at radius 1 is 0.969 bits per heavy atom. The van der Waals surface area contributed by atoms with Gasteiger partial charge in [-0.3, -0.25) is 9.52 Å². The summed E-state index contributed by atoms with van der Waals surface area (Å²) in [6, 6.07) is 15.8. The summed E-state index contributed by atoms with van der Waals surface area (Å²) in [6.07, 6.45) is 0. The standard InChI is InChI=1S/C23H22Cl2N2O4S/c1-14(2)15-4-7-17(8-5-15)27-32(29,30)18-9-11-22(31-3)21(13-18)26-23(28)19-10-6-16(24)12-20(19)25/h4-14,27H,1-3H3,(H,26,28). The van der Waals surface area contributed by atoms with Gasteiger partial charge in [-0.1, -0.05) is 49.2 Å². The van der Waals surface area contributed by atoms with Crippen LogP contribution in [0.25, 0.3) is 0 Å². The molecule has 0 fully saturated rings. The Bertz CT molecular complexity index is 1240. The third-order valence-electron chi connectivity index (χ3n) is 4.73. The third-order valence-corrected chi connectivity index (χ3v) is 6.66. The van der Waals surface area contributed by atoms with Gasteiger partial charge in [0.1, 0.15) is 5.75 Å². The lowest BCUT2D eigenvalue weighted by molar-refractivity contribution is 0.102. The summed E-state index contributed by atoms with van der Waals surface area (Å²) in [6.45, 7) is 4.12. The number of anilines is 2. The van der Waals surface area contributed by atoms with E-state index in [1.165, 1.54) is 43.5 Å². The number of sulfonamides is 1. The topological polar surface area (TPSA) is 84.5 Å². The number of ether oxygens (including phenoxy) is 1. The van der Waals surface area contributed by atoms with Crippen molar-refractivity contribution >= 4 is 50.5 Å². The molecule has 0 unspecified atom stereocenters. The normalized spacial score (nSPS) is 11.3. The van der Waals surface area contributed by atoms with E-state index in [2.05, 4.69) is 23.9 Å². The van der Waals surface area contributed by atoms with Crippen LogP contribution in [-0.4, -0.2) is 21.4 Å². The zero-order valence-electron chi connectivity index (χ0n) is 17.6. The second kappa shape index (κ2) is 9.81. The van der Waals surface area contributed by atoms with Crippen LogP contribution in [-0.2, 0) is 10.0 Å². The fourth-order valence-corrected chi connectivity index (χ4v) is 4.54. The van der Waals surface area contributed by atoms with Gasteiger partial charge < -0.3 is 10.1 Å². The highest BCUT2D eigenvalue weighted by Gasteiger charge is 2.19. The molecule has 6 nitrogen and oxygen atoms in total. The minimum Gasteiger partial charge on any atom is -0.495 e. The first-order valence-corrected chi connectivity index (χ1v) is 11.9. The van der Waals surface area contributed by atoms with Crippen LogP contribution >= 0.6 is 23.2 Å². The van der Waals surface area contributed by atoms with Crippen molar-refractivity contribution in [3.63, 3.8) is 0 Å². The minimum atomic E-state index is -3.91. The van der Waals surface area contributed by atoms with Crippen LogP contribution in [0.4, 0.5) is 11.4 Å². The van der Waals surface area contributed by atoms with E-state index in [4.69, 9.17) is 27.9 Å². The number of halogens is 2. The van der Waals surface area contributed by atoms with Gasteiger partial charge in [-0.25, -0.2) is 8.42 Å². The van der Waals surface area contributed by atoms with Gasteiger partial charge in [-0.15, -0.1) is 0 Å². The molecular formula is C23H22Cl2N2O4S. The Balaban J connectivity index is 1.88. The minimum absolute atomic E-state index is 0.0382. The molecule has 9 heteroatoms. The maximum atomic E-state index is 12.9.